The van der Waals surface area contributed by atoms with Crippen LogP contribution in [0.1, 0.15) is 46.5 Å². The monoisotopic (exact) mass is 318 g/mol. The number of nitrogens with one attached hydrogen (secondary N) is 2. The van der Waals surface area contributed by atoms with Crippen LogP contribution < -0.4 is 22.3 Å². The van der Waals surface area contributed by atoms with Crippen LogP contribution in [0.2, 0.25) is 0 Å². The van der Waals surface area contributed by atoms with E-state index in [4.69, 9.17) is 16.3 Å². The smallest absolute Gasteiger partial charge is 0.317 e. The fourth-order valence-corrected chi connectivity index (χ4v) is 3.34. The molecule has 2 amide bonds. The molecule has 2 aliphatic rings. The molecular weight excluding hydrogens is 292 g/mol. The molecule has 1 heterocycles. The SMILES string of the molecule is CC(C)(C)C1(C2CCC(N)CC2)C=C(NC(N)=O)NO1.Cl. The van der Waals surface area contributed by atoms with Crippen molar-refractivity contribution in [2.24, 2.45) is 22.8 Å². The van der Waals surface area contributed by atoms with Gasteiger partial charge in [-0.1, -0.05) is 20.8 Å². The van der Waals surface area contributed by atoms with E-state index in [1.165, 1.54) is 0 Å². The summed E-state index contributed by atoms with van der Waals surface area (Å²) in [6.45, 7) is 6.44. The molecule has 2 rings (SSSR count). The van der Waals surface area contributed by atoms with Crippen molar-refractivity contribution in [3.8, 4) is 0 Å². The van der Waals surface area contributed by atoms with Gasteiger partial charge in [0.1, 0.15) is 11.4 Å². The molecular formula is C14H27ClN4O2. The van der Waals surface area contributed by atoms with Gasteiger partial charge in [0, 0.05) is 6.04 Å². The van der Waals surface area contributed by atoms with Crippen LogP contribution in [-0.2, 0) is 4.84 Å². The molecule has 1 aliphatic heterocycles. The first-order valence-electron chi connectivity index (χ1n) is 7.23. The first-order valence-corrected chi connectivity index (χ1v) is 7.23. The van der Waals surface area contributed by atoms with E-state index >= 15 is 0 Å². The molecule has 1 unspecified atom stereocenters. The minimum Gasteiger partial charge on any atom is -0.351 e. The second kappa shape index (κ2) is 6.42. The number of hydrogen-bond donors (Lipinski definition) is 4. The summed E-state index contributed by atoms with van der Waals surface area (Å²) in [5.41, 5.74) is 13.4. The van der Waals surface area contributed by atoms with Crippen molar-refractivity contribution in [2.45, 2.75) is 58.1 Å². The van der Waals surface area contributed by atoms with Gasteiger partial charge in [0.15, 0.2) is 0 Å². The number of amides is 2. The molecule has 0 aromatic carbocycles. The van der Waals surface area contributed by atoms with Crippen molar-refractivity contribution in [3.63, 3.8) is 0 Å². The van der Waals surface area contributed by atoms with Gasteiger partial charge in [0.05, 0.1) is 0 Å². The highest BCUT2D eigenvalue weighted by Gasteiger charge is 2.52. The Hall–Kier alpha value is -0.980. The highest BCUT2D eigenvalue weighted by Crippen LogP contribution is 2.48. The average molecular weight is 319 g/mol. The molecule has 1 atom stereocenters. The van der Waals surface area contributed by atoms with E-state index in [0.717, 1.165) is 25.7 Å². The van der Waals surface area contributed by atoms with Crippen LogP contribution in [0.4, 0.5) is 4.79 Å². The lowest BCUT2D eigenvalue weighted by molar-refractivity contribution is -0.145. The molecule has 0 saturated heterocycles. The van der Waals surface area contributed by atoms with Crippen LogP contribution in [0.3, 0.4) is 0 Å². The van der Waals surface area contributed by atoms with Crippen molar-refractivity contribution in [2.75, 3.05) is 0 Å². The first kappa shape index (κ1) is 18.1. The lowest BCUT2D eigenvalue weighted by Crippen LogP contribution is -2.51. The van der Waals surface area contributed by atoms with E-state index in [2.05, 4.69) is 31.6 Å². The van der Waals surface area contributed by atoms with Gasteiger partial charge in [0.2, 0.25) is 0 Å². The normalized spacial score (nSPS) is 32.7. The zero-order valence-corrected chi connectivity index (χ0v) is 13.8. The Morgan fingerprint density at radius 2 is 1.95 bits per heavy atom. The van der Waals surface area contributed by atoms with Gasteiger partial charge in [-0.15, -0.1) is 12.4 Å². The quantitative estimate of drug-likeness (QED) is 0.623. The van der Waals surface area contributed by atoms with Gasteiger partial charge in [0.25, 0.3) is 0 Å². The second-order valence-corrected chi connectivity index (χ2v) is 6.91. The van der Waals surface area contributed by atoms with Crippen molar-refractivity contribution >= 4 is 18.4 Å². The van der Waals surface area contributed by atoms with E-state index in [-0.39, 0.29) is 17.8 Å². The summed E-state index contributed by atoms with van der Waals surface area (Å²) in [4.78, 5) is 16.9. The van der Waals surface area contributed by atoms with Gasteiger partial charge in [-0.25, -0.2) is 10.3 Å². The Balaban J connectivity index is 0.00000220. The summed E-state index contributed by atoms with van der Waals surface area (Å²) in [6.07, 6.45) is 6.05. The molecule has 6 N–H and O–H groups in total. The summed E-state index contributed by atoms with van der Waals surface area (Å²) in [7, 11) is 0. The largest absolute Gasteiger partial charge is 0.351 e. The van der Waals surface area contributed by atoms with E-state index in [9.17, 15) is 4.79 Å². The van der Waals surface area contributed by atoms with Crippen LogP contribution in [0.25, 0.3) is 0 Å². The van der Waals surface area contributed by atoms with Gasteiger partial charge >= 0.3 is 6.03 Å². The van der Waals surface area contributed by atoms with Crippen molar-refractivity contribution in [1.82, 2.24) is 10.8 Å². The number of hydroxylamine groups is 1. The fraction of sp³-hybridized carbons (Fsp3) is 0.786. The number of nitrogens with two attached hydrogens (primary N) is 2. The molecule has 1 aliphatic carbocycles. The molecule has 7 heteroatoms. The van der Waals surface area contributed by atoms with E-state index in [0.29, 0.717) is 17.8 Å². The third-order valence-electron chi connectivity index (χ3n) is 4.50. The predicted octanol–water partition coefficient (Wildman–Crippen LogP) is 1.76. The third kappa shape index (κ3) is 3.62. The summed E-state index contributed by atoms with van der Waals surface area (Å²) >= 11 is 0. The second-order valence-electron chi connectivity index (χ2n) is 6.91. The van der Waals surface area contributed by atoms with Crippen LogP contribution >= 0.6 is 12.4 Å². The van der Waals surface area contributed by atoms with Gasteiger partial charge in [-0.2, -0.15) is 0 Å². The highest BCUT2D eigenvalue weighted by molar-refractivity contribution is 5.85. The third-order valence-corrected chi connectivity index (χ3v) is 4.50. The Morgan fingerprint density at radius 1 is 1.38 bits per heavy atom. The zero-order chi connectivity index (χ0) is 15.0. The standard InChI is InChI=1S/C14H26N4O2.ClH/c1-13(2,3)14(9-4-6-10(15)7-5-9)8-11(18-20-14)17-12(16)19;/h8-10,18H,4-7,15H2,1-3H3,(H3,16,17,19);1H. The Morgan fingerprint density at radius 3 is 2.43 bits per heavy atom. The Bertz CT molecular complexity index is 414. The molecule has 0 spiro atoms. The molecule has 21 heavy (non-hydrogen) atoms. The van der Waals surface area contributed by atoms with E-state index in [1.807, 2.05) is 6.08 Å². The zero-order valence-electron chi connectivity index (χ0n) is 12.9. The van der Waals surface area contributed by atoms with Crippen molar-refractivity contribution < 1.29 is 9.63 Å². The maximum Gasteiger partial charge on any atom is 0.317 e. The number of carbonyl (C=O) groups is 1. The van der Waals surface area contributed by atoms with Gasteiger partial charge in [-0.05, 0) is 43.1 Å². The fourth-order valence-electron chi connectivity index (χ4n) is 3.34. The molecule has 122 valence electrons. The lowest BCUT2D eigenvalue weighted by Gasteiger charge is -2.46. The summed E-state index contributed by atoms with van der Waals surface area (Å²) < 4.78 is 0. The van der Waals surface area contributed by atoms with E-state index in [1.54, 1.807) is 0 Å². The average Bonchev–Trinajstić information content (AvgIpc) is 2.73. The summed E-state index contributed by atoms with van der Waals surface area (Å²) in [5.74, 6) is 0.907. The minimum atomic E-state index is -0.595. The topological polar surface area (TPSA) is 102 Å². The Labute approximate surface area is 132 Å². The summed E-state index contributed by atoms with van der Waals surface area (Å²) in [5, 5.41) is 2.56. The van der Waals surface area contributed by atoms with E-state index < -0.39 is 11.6 Å². The molecule has 0 aromatic heterocycles. The number of urea groups is 1. The van der Waals surface area contributed by atoms with Crippen LogP contribution in [0.15, 0.2) is 11.9 Å². The molecule has 1 saturated carbocycles. The minimum absolute atomic E-state index is 0. The number of halogens is 1. The van der Waals surface area contributed by atoms with Crippen LogP contribution in [0, 0.1) is 11.3 Å². The molecule has 1 fully saturated rings. The number of carbonyl (C=O) groups excluding carboxylic acids is 1. The molecule has 6 nitrogen and oxygen atoms in total. The summed E-state index contributed by atoms with van der Waals surface area (Å²) in [6, 6.07) is -0.299. The highest BCUT2D eigenvalue weighted by atomic mass is 35.5. The molecule has 0 radical (unpaired) electrons. The van der Waals surface area contributed by atoms with Crippen LogP contribution in [-0.4, -0.2) is 17.7 Å². The number of primary amides is 1. The van der Waals surface area contributed by atoms with Gasteiger partial charge < -0.3 is 11.5 Å². The number of hydrogen-bond acceptors (Lipinski definition) is 4. The maximum absolute atomic E-state index is 11.0. The first-order chi connectivity index (χ1) is 9.24. The molecule has 0 bridgehead atoms. The molecule has 0 aromatic rings. The van der Waals surface area contributed by atoms with Crippen molar-refractivity contribution in [3.05, 3.63) is 11.9 Å². The number of rotatable bonds is 2. The maximum atomic E-state index is 11.0. The van der Waals surface area contributed by atoms with Crippen LogP contribution in [0.5, 0.6) is 0 Å². The Kier molecular flexibility index (Phi) is 5.52. The predicted molar refractivity (Wildman–Crippen MR) is 84.4 cm³/mol. The van der Waals surface area contributed by atoms with Gasteiger partial charge in [-0.3, -0.25) is 10.2 Å². The lowest BCUT2D eigenvalue weighted by atomic mass is 9.64. The van der Waals surface area contributed by atoms with Crippen molar-refractivity contribution in [1.29, 1.82) is 0 Å².